The molecule has 17 heavy (non-hydrogen) atoms. The molecule has 0 aliphatic heterocycles. The quantitative estimate of drug-likeness (QED) is 0.547. The van der Waals surface area contributed by atoms with Gasteiger partial charge in [-0.25, -0.2) is 0 Å². The number of nitrogens with two attached hydrogens (primary N) is 1. The number of aryl methyl sites for hydroxylation is 1. The predicted molar refractivity (Wildman–Crippen MR) is 67.8 cm³/mol. The van der Waals surface area contributed by atoms with Crippen LogP contribution in [0.1, 0.15) is 16.9 Å². The minimum Gasteiger partial charge on any atom is -0.397 e. The Morgan fingerprint density at radius 2 is 2.41 bits per heavy atom. The first-order chi connectivity index (χ1) is 8.15. The lowest BCUT2D eigenvalue weighted by atomic mass is 10.4. The Kier molecular flexibility index (Phi) is 5.29. The molecule has 0 saturated carbocycles. The summed E-state index contributed by atoms with van der Waals surface area (Å²) in [6.45, 7) is 5.22. The van der Waals surface area contributed by atoms with Gasteiger partial charge >= 0.3 is 0 Å². The van der Waals surface area contributed by atoms with Crippen LogP contribution in [0, 0.1) is 0 Å². The molecule has 0 bridgehead atoms. The van der Waals surface area contributed by atoms with Crippen LogP contribution in [0.5, 0.6) is 0 Å². The number of carbonyl (C=O) groups is 1. The normalized spacial score (nSPS) is 10.2. The van der Waals surface area contributed by atoms with E-state index >= 15 is 0 Å². The molecule has 0 saturated heterocycles. The summed E-state index contributed by atoms with van der Waals surface area (Å²) in [5.41, 5.74) is 6.72. The smallest absolute Gasteiger partial charge is 0.268 e. The van der Waals surface area contributed by atoms with Gasteiger partial charge in [0.2, 0.25) is 0 Å². The highest BCUT2D eigenvalue weighted by molar-refractivity contribution is 5.93. The Hall–Kier alpha value is -1.75. The number of nitrogens with zero attached hydrogens (tertiary/aromatic N) is 1. The first-order valence-corrected chi connectivity index (χ1v) is 5.54. The molecule has 0 fully saturated rings. The molecule has 0 unspecified atom stereocenters. The average molecular weight is 237 g/mol. The molecule has 0 spiro atoms. The topological polar surface area (TPSA) is 69.3 Å². The van der Waals surface area contributed by atoms with E-state index in [0.717, 1.165) is 6.42 Å². The zero-order valence-electron chi connectivity index (χ0n) is 10.1. The molecular formula is C12H19N3O2. The maximum atomic E-state index is 11.7. The lowest BCUT2D eigenvalue weighted by Gasteiger charge is -2.06. The zero-order chi connectivity index (χ0) is 12.7. The van der Waals surface area contributed by atoms with E-state index in [1.54, 1.807) is 30.0 Å². The van der Waals surface area contributed by atoms with Gasteiger partial charge in [-0.3, -0.25) is 4.79 Å². The van der Waals surface area contributed by atoms with Crippen LogP contribution in [-0.4, -0.2) is 30.2 Å². The van der Waals surface area contributed by atoms with Gasteiger partial charge in [-0.05, 0) is 12.5 Å². The van der Waals surface area contributed by atoms with E-state index < -0.39 is 0 Å². The van der Waals surface area contributed by atoms with Crippen LogP contribution in [-0.2, 0) is 11.8 Å². The SMILES string of the molecule is C=CCCOCCNC(=O)c1cc(N)cn1C. The third-order valence-electron chi connectivity index (χ3n) is 2.26. The molecule has 1 amide bonds. The van der Waals surface area contributed by atoms with Crippen molar-refractivity contribution >= 4 is 11.6 Å². The van der Waals surface area contributed by atoms with Crippen molar-refractivity contribution in [2.24, 2.45) is 7.05 Å². The van der Waals surface area contributed by atoms with Gasteiger partial charge in [0.25, 0.3) is 5.91 Å². The molecule has 0 aromatic carbocycles. The Morgan fingerprint density at radius 1 is 1.65 bits per heavy atom. The maximum Gasteiger partial charge on any atom is 0.268 e. The predicted octanol–water partition coefficient (Wildman–Crippen LogP) is 0.930. The second-order valence-corrected chi connectivity index (χ2v) is 3.72. The number of hydrogen-bond donors (Lipinski definition) is 2. The Balaban J connectivity index is 2.26. The number of aromatic nitrogens is 1. The van der Waals surface area contributed by atoms with Crippen LogP contribution < -0.4 is 11.1 Å². The second-order valence-electron chi connectivity index (χ2n) is 3.72. The van der Waals surface area contributed by atoms with Crippen molar-refractivity contribution in [3.05, 3.63) is 30.6 Å². The summed E-state index contributed by atoms with van der Waals surface area (Å²) < 4.78 is 6.98. The minimum atomic E-state index is -0.142. The van der Waals surface area contributed by atoms with Gasteiger partial charge in [-0.1, -0.05) is 6.08 Å². The first kappa shape index (κ1) is 13.3. The average Bonchev–Trinajstić information content (AvgIpc) is 2.62. The van der Waals surface area contributed by atoms with Crippen molar-refractivity contribution in [3.8, 4) is 0 Å². The van der Waals surface area contributed by atoms with Crippen molar-refractivity contribution in [2.45, 2.75) is 6.42 Å². The third kappa shape index (κ3) is 4.32. The number of carbonyl (C=O) groups excluding carboxylic acids is 1. The lowest BCUT2D eigenvalue weighted by molar-refractivity contribution is 0.0910. The summed E-state index contributed by atoms with van der Waals surface area (Å²) in [4.78, 5) is 11.7. The minimum absolute atomic E-state index is 0.142. The Morgan fingerprint density at radius 3 is 3.00 bits per heavy atom. The maximum absolute atomic E-state index is 11.7. The highest BCUT2D eigenvalue weighted by Gasteiger charge is 2.09. The number of hydrogen-bond acceptors (Lipinski definition) is 3. The van der Waals surface area contributed by atoms with E-state index in [-0.39, 0.29) is 5.91 Å². The number of anilines is 1. The molecule has 94 valence electrons. The summed E-state index contributed by atoms with van der Waals surface area (Å²) >= 11 is 0. The summed E-state index contributed by atoms with van der Waals surface area (Å²) in [7, 11) is 1.78. The monoisotopic (exact) mass is 237 g/mol. The van der Waals surface area contributed by atoms with Gasteiger partial charge in [0.15, 0.2) is 0 Å². The first-order valence-electron chi connectivity index (χ1n) is 5.54. The molecule has 0 aliphatic rings. The molecule has 5 heteroatoms. The Labute approximate surface area is 101 Å². The van der Waals surface area contributed by atoms with Gasteiger partial charge in [0, 0.05) is 19.8 Å². The molecule has 5 nitrogen and oxygen atoms in total. The number of ether oxygens (including phenoxy) is 1. The van der Waals surface area contributed by atoms with E-state index in [9.17, 15) is 4.79 Å². The molecule has 1 aromatic heterocycles. The molecule has 0 aliphatic carbocycles. The lowest BCUT2D eigenvalue weighted by Crippen LogP contribution is -2.28. The van der Waals surface area contributed by atoms with Crippen molar-refractivity contribution in [2.75, 3.05) is 25.5 Å². The van der Waals surface area contributed by atoms with Crippen molar-refractivity contribution in [3.63, 3.8) is 0 Å². The third-order valence-corrected chi connectivity index (χ3v) is 2.26. The van der Waals surface area contributed by atoms with Gasteiger partial charge in [-0.2, -0.15) is 0 Å². The van der Waals surface area contributed by atoms with Gasteiger partial charge in [-0.15, -0.1) is 6.58 Å². The fourth-order valence-corrected chi connectivity index (χ4v) is 1.41. The largest absolute Gasteiger partial charge is 0.397 e. The number of nitrogens with one attached hydrogen (secondary N) is 1. The number of nitrogen functional groups attached to an aromatic ring is 1. The van der Waals surface area contributed by atoms with Crippen LogP contribution in [0.2, 0.25) is 0 Å². The fourth-order valence-electron chi connectivity index (χ4n) is 1.41. The number of rotatable bonds is 7. The van der Waals surface area contributed by atoms with Crippen molar-refractivity contribution in [1.29, 1.82) is 0 Å². The summed E-state index contributed by atoms with van der Waals surface area (Å²) in [6.07, 6.45) is 4.32. The van der Waals surface area contributed by atoms with Crippen LogP contribution in [0.4, 0.5) is 5.69 Å². The van der Waals surface area contributed by atoms with Crippen LogP contribution in [0.3, 0.4) is 0 Å². The molecule has 1 aromatic rings. The Bertz CT molecular complexity index is 385. The second kappa shape index (κ2) is 6.75. The summed E-state index contributed by atoms with van der Waals surface area (Å²) in [5, 5.41) is 2.76. The van der Waals surface area contributed by atoms with E-state index in [0.29, 0.717) is 31.1 Å². The highest BCUT2D eigenvalue weighted by atomic mass is 16.5. The molecule has 1 heterocycles. The van der Waals surface area contributed by atoms with Gasteiger partial charge in [0.1, 0.15) is 5.69 Å². The van der Waals surface area contributed by atoms with Crippen molar-refractivity contribution < 1.29 is 9.53 Å². The fraction of sp³-hybridized carbons (Fsp3) is 0.417. The standard InChI is InChI=1S/C12H19N3O2/c1-3-4-6-17-7-5-14-12(16)11-8-10(13)9-15(11)2/h3,8-9H,1,4-7,13H2,2H3,(H,14,16). The van der Waals surface area contributed by atoms with Crippen molar-refractivity contribution in [1.82, 2.24) is 9.88 Å². The van der Waals surface area contributed by atoms with E-state index in [1.807, 2.05) is 0 Å². The van der Waals surface area contributed by atoms with Gasteiger partial charge < -0.3 is 20.4 Å². The van der Waals surface area contributed by atoms with E-state index in [4.69, 9.17) is 10.5 Å². The molecule has 3 N–H and O–H groups in total. The highest BCUT2D eigenvalue weighted by Crippen LogP contribution is 2.07. The molecular weight excluding hydrogens is 218 g/mol. The number of amides is 1. The molecule has 1 rings (SSSR count). The van der Waals surface area contributed by atoms with Crippen LogP contribution in [0.25, 0.3) is 0 Å². The summed E-state index contributed by atoms with van der Waals surface area (Å²) in [6, 6.07) is 1.65. The van der Waals surface area contributed by atoms with E-state index in [2.05, 4.69) is 11.9 Å². The van der Waals surface area contributed by atoms with Crippen LogP contribution >= 0.6 is 0 Å². The molecule has 0 atom stereocenters. The van der Waals surface area contributed by atoms with Gasteiger partial charge in [0.05, 0.1) is 18.9 Å². The van der Waals surface area contributed by atoms with E-state index in [1.165, 1.54) is 0 Å². The zero-order valence-corrected chi connectivity index (χ0v) is 10.1. The molecule has 0 radical (unpaired) electrons. The van der Waals surface area contributed by atoms with Crippen LogP contribution in [0.15, 0.2) is 24.9 Å². The summed E-state index contributed by atoms with van der Waals surface area (Å²) in [5.74, 6) is -0.142.